The predicted octanol–water partition coefficient (Wildman–Crippen LogP) is 3.91. The molecule has 0 fully saturated rings. The Balaban J connectivity index is 1.87. The van der Waals surface area contributed by atoms with Crippen molar-refractivity contribution in [3.8, 4) is 0 Å². The van der Waals surface area contributed by atoms with Gasteiger partial charge >= 0.3 is 0 Å². The summed E-state index contributed by atoms with van der Waals surface area (Å²) in [5.41, 5.74) is 2.54. The van der Waals surface area contributed by atoms with Gasteiger partial charge in [-0.3, -0.25) is 4.79 Å². The molecule has 3 heteroatoms. The number of halogens is 1. The maximum atomic E-state index is 10.9. The van der Waals surface area contributed by atoms with Gasteiger partial charge in [-0.25, -0.2) is 0 Å². The molecule has 1 amide bonds. The van der Waals surface area contributed by atoms with Gasteiger partial charge in [0.1, 0.15) is 0 Å². The van der Waals surface area contributed by atoms with Gasteiger partial charge in [-0.05, 0) is 43.7 Å². The molecular formula is C15H18BrNO. The average Bonchev–Trinajstić information content (AvgIpc) is 2.41. The Morgan fingerprint density at radius 2 is 2.11 bits per heavy atom. The average molecular weight is 308 g/mol. The zero-order valence-electron chi connectivity index (χ0n) is 10.4. The molecule has 0 aliphatic carbocycles. The second-order valence-corrected chi connectivity index (χ2v) is 5.44. The van der Waals surface area contributed by atoms with Crippen molar-refractivity contribution in [2.75, 3.05) is 6.54 Å². The second-order valence-electron chi connectivity index (χ2n) is 4.58. The van der Waals surface area contributed by atoms with Crippen LogP contribution in [0.1, 0.15) is 31.2 Å². The van der Waals surface area contributed by atoms with Gasteiger partial charge in [0, 0.05) is 16.7 Å². The topological polar surface area (TPSA) is 20.3 Å². The van der Waals surface area contributed by atoms with E-state index in [9.17, 15) is 4.79 Å². The molecule has 0 N–H and O–H groups in total. The number of hydrogen-bond acceptors (Lipinski definition) is 1. The number of hydrogen-bond donors (Lipinski definition) is 0. The van der Waals surface area contributed by atoms with Gasteiger partial charge in [-0.15, -0.1) is 0 Å². The molecule has 96 valence electrons. The van der Waals surface area contributed by atoms with Crippen LogP contribution in [0, 0.1) is 0 Å². The van der Waals surface area contributed by atoms with Crippen LogP contribution >= 0.6 is 15.9 Å². The van der Waals surface area contributed by atoms with Gasteiger partial charge in [0.05, 0.1) is 0 Å². The van der Waals surface area contributed by atoms with E-state index < -0.39 is 0 Å². The van der Waals surface area contributed by atoms with Crippen molar-refractivity contribution in [1.82, 2.24) is 4.90 Å². The lowest BCUT2D eigenvalue weighted by molar-refractivity contribution is -0.116. The smallest absolute Gasteiger partial charge is 0.213 e. The number of allylic oxidation sites excluding steroid dienone is 2. The molecule has 2 nitrogen and oxygen atoms in total. The van der Waals surface area contributed by atoms with Crippen molar-refractivity contribution in [3.05, 3.63) is 46.1 Å². The zero-order chi connectivity index (χ0) is 12.8. The van der Waals surface area contributed by atoms with Crippen molar-refractivity contribution in [1.29, 1.82) is 0 Å². The number of carbonyl (C=O) groups is 1. The molecule has 1 aliphatic rings. The largest absolute Gasteiger partial charge is 0.319 e. The highest BCUT2D eigenvalue weighted by Gasteiger charge is 2.12. The molecule has 2 rings (SSSR count). The van der Waals surface area contributed by atoms with Crippen LogP contribution in [0.3, 0.4) is 0 Å². The first-order chi connectivity index (χ1) is 8.81. The molecule has 0 atom stereocenters. The number of benzene rings is 1. The summed E-state index contributed by atoms with van der Waals surface area (Å²) in [5.74, 6) is 0. The summed E-state index contributed by atoms with van der Waals surface area (Å²) in [6.45, 7) is 0.879. The fraction of sp³-hybridized carbons (Fsp3) is 0.400. The molecule has 0 saturated carbocycles. The number of carbonyl (C=O) groups excluding carboxylic acids is 1. The fourth-order valence-electron chi connectivity index (χ4n) is 2.32. The van der Waals surface area contributed by atoms with E-state index in [1.165, 1.54) is 15.7 Å². The van der Waals surface area contributed by atoms with Crippen LogP contribution in [0.25, 0.3) is 0 Å². The maximum Gasteiger partial charge on any atom is 0.213 e. The van der Waals surface area contributed by atoms with E-state index in [4.69, 9.17) is 0 Å². The van der Waals surface area contributed by atoms with Crippen molar-refractivity contribution in [3.63, 3.8) is 0 Å². The highest BCUT2D eigenvalue weighted by Crippen LogP contribution is 2.21. The Morgan fingerprint density at radius 1 is 1.28 bits per heavy atom. The van der Waals surface area contributed by atoms with Gasteiger partial charge in [-0.2, -0.15) is 0 Å². The Bertz CT molecular complexity index is 442. The lowest BCUT2D eigenvalue weighted by Gasteiger charge is -2.24. The first kappa shape index (κ1) is 13.3. The van der Waals surface area contributed by atoms with E-state index in [-0.39, 0.29) is 0 Å². The van der Waals surface area contributed by atoms with Crippen molar-refractivity contribution in [2.45, 2.75) is 32.1 Å². The van der Waals surface area contributed by atoms with Crippen LogP contribution < -0.4 is 0 Å². The normalized spacial score (nSPS) is 15.4. The minimum Gasteiger partial charge on any atom is -0.319 e. The maximum absolute atomic E-state index is 10.9. The minimum absolute atomic E-state index is 0.879. The second kappa shape index (κ2) is 6.74. The van der Waals surface area contributed by atoms with Gasteiger partial charge in [0.15, 0.2) is 0 Å². The molecule has 18 heavy (non-hydrogen) atoms. The molecule has 0 unspecified atom stereocenters. The number of aryl methyl sites for hydroxylation is 1. The molecule has 0 bridgehead atoms. The minimum atomic E-state index is 0.879. The first-order valence-electron chi connectivity index (χ1n) is 6.45. The number of amides is 1. The van der Waals surface area contributed by atoms with Crippen molar-refractivity contribution in [2.24, 2.45) is 0 Å². The van der Waals surface area contributed by atoms with Gasteiger partial charge in [0.25, 0.3) is 0 Å². The molecule has 0 spiro atoms. The fourth-order valence-corrected chi connectivity index (χ4v) is 2.80. The third-order valence-corrected chi connectivity index (χ3v) is 4.09. The SMILES string of the molecule is O=CN1CCCC=C1CCCc1ccccc1Br. The van der Waals surface area contributed by atoms with Crippen LogP contribution in [0.15, 0.2) is 40.5 Å². The Kier molecular flexibility index (Phi) is 5.00. The van der Waals surface area contributed by atoms with E-state index in [1.807, 2.05) is 11.0 Å². The van der Waals surface area contributed by atoms with E-state index in [0.29, 0.717) is 0 Å². The van der Waals surface area contributed by atoms with Crippen molar-refractivity contribution >= 4 is 22.3 Å². The van der Waals surface area contributed by atoms with E-state index in [2.05, 4.69) is 40.2 Å². The van der Waals surface area contributed by atoms with Crippen LogP contribution in [-0.4, -0.2) is 17.9 Å². The summed E-state index contributed by atoms with van der Waals surface area (Å²) in [6.07, 6.45) is 8.48. The standard InChI is InChI=1S/C15H18BrNO/c16-15-10-2-1-6-13(15)7-5-9-14-8-3-4-11-17(14)12-18/h1-2,6,8,10,12H,3-5,7,9,11H2. The summed E-state index contributed by atoms with van der Waals surface area (Å²) in [6, 6.07) is 8.33. The summed E-state index contributed by atoms with van der Waals surface area (Å²) >= 11 is 3.57. The Labute approximate surface area is 117 Å². The van der Waals surface area contributed by atoms with Gasteiger partial charge < -0.3 is 4.90 Å². The summed E-state index contributed by atoms with van der Waals surface area (Å²) in [4.78, 5) is 12.8. The molecular weight excluding hydrogens is 290 g/mol. The molecule has 0 radical (unpaired) electrons. The van der Waals surface area contributed by atoms with Crippen molar-refractivity contribution < 1.29 is 4.79 Å². The Morgan fingerprint density at radius 3 is 2.89 bits per heavy atom. The highest BCUT2D eigenvalue weighted by molar-refractivity contribution is 9.10. The predicted molar refractivity (Wildman–Crippen MR) is 77.2 cm³/mol. The monoisotopic (exact) mass is 307 g/mol. The van der Waals surface area contributed by atoms with Crippen LogP contribution in [0.5, 0.6) is 0 Å². The molecule has 0 saturated heterocycles. The molecule has 0 aromatic heterocycles. The zero-order valence-corrected chi connectivity index (χ0v) is 12.0. The first-order valence-corrected chi connectivity index (χ1v) is 7.25. The van der Waals surface area contributed by atoms with Gasteiger partial charge in [-0.1, -0.05) is 40.2 Å². The quantitative estimate of drug-likeness (QED) is 0.755. The van der Waals surface area contributed by atoms with E-state index >= 15 is 0 Å². The third kappa shape index (κ3) is 3.45. The summed E-state index contributed by atoms with van der Waals surface area (Å²) < 4.78 is 1.18. The third-order valence-electron chi connectivity index (χ3n) is 3.32. The van der Waals surface area contributed by atoms with Crippen LogP contribution in [0.2, 0.25) is 0 Å². The molecule has 1 aromatic rings. The number of rotatable bonds is 5. The number of nitrogens with zero attached hydrogens (tertiary/aromatic N) is 1. The van der Waals surface area contributed by atoms with Gasteiger partial charge in [0.2, 0.25) is 6.41 Å². The van der Waals surface area contributed by atoms with Crippen LogP contribution in [-0.2, 0) is 11.2 Å². The highest BCUT2D eigenvalue weighted by atomic mass is 79.9. The van der Waals surface area contributed by atoms with E-state index in [0.717, 1.165) is 45.1 Å². The molecule has 1 aliphatic heterocycles. The summed E-state index contributed by atoms with van der Waals surface area (Å²) in [7, 11) is 0. The lowest BCUT2D eigenvalue weighted by Crippen LogP contribution is -2.25. The Hall–Kier alpha value is -1.09. The molecule has 1 heterocycles. The van der Waals surface area contributed by atoms with E-state index in [1.54, 1.807) is 0 Å². The lowest BCUT2D eigenvalue weighted by atomic mass is 10.0. The molecule has 1 aromatic carbocycles. The summed E-state index contributed by atoms with van der Waals surface area (Å²) in [5, 5.41) is 0. The van der Waals surface area contributed by atoms with Crippen LogP contribution in [0.4, 0.5) is 0 Å².